The van der Waals surface area contributed by atoms with Gasteiger partial charge in [0.15, 0.2) is 0 Å². The van der Waals surface area contributed by atoms with Gasteiger partial charge in [0.1, 0.15) is 11.3 Å². The molecule has 5 nitrogen and oxygen atoms in total. The SMILES string of the molecule is O=C(NN=Cc1cc(C(F)(F)F)ccc1C(F)(F)F)c1cccnc1Oc1ccccc1. The Morgan fingerprint density at radius 3 is 2.31 bits per heavy atom. The summed E-state index contributed by atoms with van der Waals surface area (Å²) >= 11 is 0. The van der Waals surface area contributed by atoms with Gasteiger partial charge in [0, 0.05) is 11.8 Å². The van der Waals surface area contributed by atoms with Crippen molar-refractivity contribution in [1.29, 1.82) is 0 Å². The Kier molecular flexibility index (Phi) is 6.47. The van der Waals surface area contributed by atoms with Gasteiger partial charge in [0.25, 0.3) is 5.91 Å². The number of para-hydroxylation sites is 1. The van der Waals surface area contributed by atoms with Crippen molar-refractivity contribution in [3.8, 4) is 11.6 Å². The van der Waals surface area contributed by atoms with Crippen molar-refractivity contribution in [3.05, 3.63) is 89.1 Å². The quantitative estimate of drug-likeness (QED) is 0.307. The number of hydrogen-bond acceptors (Lipinski definition) is 4. The zero-order chi connectivity index (χ0) is 23.4. The highest BCUT2D eigenvalue weighted by molar-refractivity contribution is 5.97. The second-order valence-electron chi connectivity index (χ2n) is 6.27. The second kappa shape index (κ2) is 9.08. The highest BCUT2D eigenvalue weighted by atomic mass is 19.4. The van der Waals surface area contributed by atoms with Crippen LogP contribution in [0.4, 0.5) is 26.3 Å². The van der Waals surface area contributed by atoms with Crippen molar-refractivity contribution in [2.45, 2.75) is 12.4 Å². The summed E-state index contributed by atoms with van der Waals surface area (Å²) in [6.45, 7) is 0. The monoisotopic (exact) mass is 453 g/mol. The Morgan fingerprint density at radius 2 is 1.66 bits per heavy atom. The average molecular weight is 453 g/mol. The van der Waals surface area contributed by atoms with Crippen molar-refractivity contribution in [3.63, 3.8) is 0 Å². The first-order valence-corrected chi connectivity index (χ1v) is 8.85. The van der Waals surface area contributed by atoms with Crippen LogP contribution in [0.2, 0.25) is 0 Å². The molecule has 0 saturated carbocycles. The van der Waals surface area contributed by atoms with Crippen LogP contribution in [-0.2, 0) is 12.4 Å². The molecular formula is C21H13F6N3O2. The molecule has 0 unspecified atom stereocenters. The van der Waals surface area contributed by atoms with Crippen molar-refractivity contribution in [2.24, 2.45) is 5.10 Å². The van der Waals surface area contributed by atoms with E-state index in [2.05, 4.69) is 10.1 Å². The Labute approximate surface area is 177 Å². The molecule has 2 aromatic carbocycles. The molecule has 0 atom stereocenters. The van der Waals surface area contributed by atoms with Gasteiger partial charge in [0.2, 0.25) is 5.88 Å². The Balaban J connectivity index is 1.83. The highest BCUT2D eigenvalue weighted by Gasteiger charge is 2.36. The number of hydrazone groups is 1. The summed E-state index contributed by atoms with van der Waals surface area (Å²) in [6.07, 6.45) is -7.93. The molecule has 0 fully saturated rings. The molecule has 3 aromatic rings. The van der Waals surface area contributed by atoms with Gasteiger partial charge in [-0.25, -0.2) is 10.4 Å². The molecule has 0 aliphatic carbocycles. The summed E-state index contributed by atoms with van der Waals surface area (Å²) in [6, 6.07) is 12.0. The van der Waals surface area contributed by atoms with Crippen LogP contribution in [0, 0.1) is 0 Å². The summed E-state index contributed by atoms with van der Waals surface area (Å²) in [5.41, 5.74) is -1.60. The molecule has 1 N–H and O–H groups in total. The van der Waals surface area contributed by atoms with E-state index in [4.69, 9.17) is 4.74 Å². The normalized spacial score (nSPS) is 12.1. The molecule has 11 heteroatoms. The third-order valence-corrected chi connectivity index (χ3v) is 4.03. The molecule has 32 heavy (non-hydrogen) atoms. The number of carbonyl (C=O) groups is 1. The van der Waals surface area contributed by atoms with E-state index in [1.807, 2.05) is 5.43 Å². The van der Waals surface area contributed by atoms with E-state index in [1.54, 1.807) is 30.3 Å². The topological polar surface area (TPSA) is 63.6 Å². The van der Waals surface area contributed by atoms with Crippen LogP contribution in [-0.4, -0.2) is 17.1 Å². The molecular weight excluding hydrogens is 440 g/mol. The van der Waals surface area contributed by atoms with Crippen LogP contribution in [0.3, 0.4) is 0 Å². The number of ether oxygens (including phenoxy) is 1. The number of rotatable bonds is 5. The zero-order valence-corrected chi connectivity index (χ0v) is 15.9. The number of aromatic nitrogens is 1. The number of carbonyl (C=O) groups excluding carboxylic acids is 1. The Hall–Kier alpha value is -3.89. The number of nitrogens with one attached hydrogen (secondary N) is 1. The van der Waals surface area contributed by atoms with E-state index in [1.165, 1.54) is 18.3 Å². The summed E-state index contributed by atoms with van der Waals surface area (Å²) in [5.74, 6) is -0.607. The Bertz CT molecular complexity index is 1130. The van der Waals surface area contributed by atoms with E-state index in [0.29, 0.717) is 30.2 Å². The van der Waals surface area contributed by atoms with Gasteiger partial charge in [-0.3, -0.25) is 4.79 Å². The minimum Gasteiger partial charge on any atom is -0.438 e. The van der Waals surface area contributed by atoms with Crippen LogP contribution in [0.1, 0.15) is 27.0 Å². The van der Waals surface area contributed by atoms with Gasteiger partial charge in [-0.15, -0.1) is 0 Å². The average Bonchev–Trinajstić information content (AvgIpc) is 2.73. The molecule has 0 radical (unpaired) electrons. The summed E-state index contributed by atoms with van der Waals surface area (Å²) in [7, 11) is 0. The molecule has 0 aliphatic rings. The fourth-order valence-electron chi connectivity index (χ4n) is 2.57. The molecule has 1 heterocycles. The molecule has 0 aliphatic heterocycles. The largest absolute Gasteiger partial charge is 0.438 e. The first kappa shape index (κ1) is 22.8. The van der Waals surface area contributed by atoms with Gasteiger partial charge >= 0.3 is 12.4 Å². The predicted octanol–water partition coefficient (Wildman–Crippen LogP) is 5.68. The van der Waals surface area contributed by atoms with Gasteiger partial charge in [-0.2, -0.15) is 31.4 Å². The number of pyridine rings is 1. The van der Waals surface area contributed by atoms with Gasteiger partial charge in [-0.1, -0.05) is 18.2 Å². The molecule has 0 saturated heterocycles. The van der Waals surface area contributed by atoms with Crippen molar-refractivity contribution in [2.75, 3.05) is 0 Å². The molecule has 0 spiro atoms. The third-order valence-electron chi connectivity index (χ3n) is 4.03. The van der Waals surface area contributed by atoms with E-state index in [0.717, 1.165) is 0 Å². The molecule has 0 bridgehead atoms. The number of halogens is 6. The first-order chi connectivity index (χ1) is 15.1. The molecule has 166 valence electrons. The van der Waals surface area contributed by atoms with E-state index < -0.39 is 35.0 Å². The Morgan fingerprint density at radius 1 is 0.938 bits per heavy atom. The van der Waals surface area contributed by atoms with E-state index in [9.17, 15) is 31.1 Å². The number of nitrogens with zero attached hydrogens (tertiary/aromatic N) is 2. The van der Waals surface area contributed by atoms with Gasteiger partial charge in [-0.05, 0) is 42.5 Å². The zero-order valence-electron chi connectivity index (χ0n) is 15.9. The predicted molar refractivity (Wildman–Crippen MR) is 102 cm³/mol. The smallest absolute Gasteiger partial charge is 0.417 e. The lowest BCUT2D eigenvalue weighted by atomic mass is 10.0. The number of benzene rings is 2. The minimum atomic E-state index is -4.92. The fraction of sp³-hybridized carbons (Fsp3) is 0.0952. The van der Waals surface area contributed by atoms with Crippen LogP contribution in [0.5, 0.6) is 11.6 Å². The summed E-state index contributed by atoms with van der Waals surface area (Å²) in [4.78, 5) is 16.3. The standard InChI is InChI=1S/C21H13F6N3O2/c22-20(23,24)14-8-9-17(21(25,26)27)13(11-14)12-29-30-18(31)16-7-4-10-28-19(16)32-15-5-2-1-3-6-15/h1-12H,(H,30,31). The minimum absolute atomic E-state index is 0.0893. The van der Waals surface area contributed by atoms with Crippen molar-refractivity contribution in [1.82, 2.24) is 10.4 Å². The number of amides is 1. The second-order valence-corrected chi connectivity index (χ2v) is 6.27. The van der Waals surface area contributed by atoms with Crippen LogP contribution in [0.25, 0.3) is 0 Å². The lowest BCUT2D eigenvalue weighted by Crippen LogP contribution is -2.19. The molecule has 1 amide bonds. The van der Waals surface area contributed by atoms with E-state index >= 15 is 0 Å². The van der Waals surface area contributed by atoms with Crippen LogP contribution >= 0.6 is 0 Å². The number of alkyl halides is 6. The van der Waals surface area contributed by atoms with Gasteiger partial charge in [0.05, 0.1) is 17.3 Å². The van der Waals surface area contributed by atoms with Crippen LogP contribution < -0.4 is 10.2 Å². The van der Waals surface area contributed by atoms with Crippen molar-refractivity contribution < 1.29 is 35.9 Å². The summed E-state index contributed by atoms with van der Waals surface area (Å²) in [5, 5.41) is 3.39. The lowest BCUT2D eigenvalue weighted by molar-refractivity contribution is -0.141. The maximum Gasteiger partial charge on any atom is 0.417 e. The highest BCUT2D eigenvalue weighted by Crippen LogP contribution is 2.36. The maximum atomic E-state index is 13.1. The molecule has 3 rings (SSSR count). The first-order valence-electron chi connectivity index (χ1n) is 8.85. The third kappa shape index (κ3) is 5.62. The fourth-order valence-corrected chi connectivity index (χ4v) is 2.57. The lowest BCUT2D eigenvalue weighted by Gasteiger charge is -2.13. The summed E-state index contributed by atoms with van der Waals surface area (Å²) < 4.78 is 83.5. The van der Waals surface area contributed by atoms with Crippen LogP contribution in [0.15, 0.2) is 72.0 Å². The van der Waals surface area contributed by atoms with Crippen molar-refractivity contribution >= 4 is 12.1 Å². The maximum absolute atomic E-state index is 13.1. The number of hydrogen-bond donors (Lipinski definition) is 1. The molecule has 1 aromatic heterocycles. The van der Waals surface area contributed by atoms with Gasteiger partial charge < -0.3 is 4.74 Å². The van der Waals surface area contributed by atoms with E-state index in [-0.39, 0.29) is 11.4 Å².